The molecule has 15 heavy (non-hydrogen) atoms. The molecule has 0 aromatic heterocycles. The van der Waals surface area contributed by atoms with Crippen molar-refractivity contribution in [1.29, 1.82) is 0 Å². The first-order chi connectivity index (χ1) is 7.18. The molecule has 2 nitrogen and oxygen atoms in total. The summed E-state index contributed by atoms with van der Waals surface area (Å²) in [5, 5.41) is 11.2. The van der Waals surface area contributed by atoms with E-state index in [4.69, 9.17) is 5.11 Å². The Morgan fingerprint density at radius 3 is 2.60 bits per heavy atom. The number of hydrogen-bond acceptors (Lipinski definition) is 2. The van der Waals surface area contributed by atoms with Crippen molar-refractivity contribution >= 4 is 11.8 Å². The van der Waals surface area contributed by atoms with Gasteiger partial charge in [0.1, 0.15) is 6.54 Å². The summed E-state index contributed by atoms with van der Waals surface area (Å²) in [7, 11) is 0. The number of thioether (sulfide) groups is 1. The van der Waals surface area contributed by atoms with E-state index in [1.54, 1.807) is 0 Å². The van der Waals surface area contributed by atoms with Crippen LogP contribution in [0.15, 0.2) is 29.2 Å². The molecule has 1 aromatic carbocycles. The summed E-state index contributed by atoms with van der Waals surface area (Å²) in [6.07, 6.45) is -0.200. The zero-order valence-electron chi connectivity index (χ0n) is 9.44. The van der Waals surface area contributed by atoms with E-state index in [0.717, 1.165) is 18.8 Å². The summed E-state index contributed by atoms with van der Waals surface area (Å²) in [4.78, 5) is 1.33. The molecule has 0 heterocycles. The lowest BCUT2D eigenvalue weighted by molar-refractivity contribution is -0.656. The minimum atomic E-state index is -0.200. The third-order valence-corrected chi connectivity index (χ3v) is 3.16. The number of benzene rings is 1. The molecule has 1 rings (SSSR count). The van der Waals surface area contributed by atoms with Crippen LogP contribution in [0.3, 0.4) is 0 Å². The van der Waals surface area contributed by atoms with Gasteiger partial charge in [-0.1, -0.05) is 17.7 Å². The van der Waals surface area contributed by atoms with Gasteiger partial charge >= 0.3 is 0 Å². The molecule has 0 aliphatic carbocycles. The molecule has 0 radical (unpaired) electrons. The van der Waals surface area contributed by atoms with Crippen molar-refractivity contribution in [3.63, 3.8) is 0 Å². The maximum Gasteiger partial charge on any atom is 0.102 e. The molecule has 0 amide bonds. The van der Waals surface area contributed by atoms with Gasteiger partial charge in [0.2, 0.25) is 0 Å². The van der Waals surface area contributed by atoms with Crippen LogP contribution in [0, 0.1) is 6.92 Å². The van der Waals surface area contributed by atoms with E-state index >= 15 is 0 Å². The fourth-order valence-corrected chi connectivity index (χ4v) is 2.10. The van der Waals surface area contributed by atoms with Crippen LogP contribution in [0.5, 0.6) is 0 Å². The lowest BCUT2D eigenvalue weighted by Crippen LogP contribution is -2.86. The van der Waals surface area contributed by atoms with Gasteiger partial charge in [0.05, 0.1) is 12.6 Å². The molecule has 0 aliphatic rings. The molecule has 0 unspecified atom stereocenters. The van der Waals surface area contributed by atoms with Crippen LogP contribution in [-0.2, 0) is 0 Å². The van der Waals surface area contributed by atoms with Crippen LogP contribution in [0.1, 0.15) is 12.5 Å². The Labute approximate surface area is 96.1 Å². The third-order valence-electron chi connectivity index (χ3n) is 2.12. The van der Waals surface area contributed by atoms with Crippen LogP contribution in [0.2, 0.25) is 0 Å². The first-order valence-corrected chi connectivity index (χ1v) is 6.36. The van der Waals surface area contributed by atoms with Crippen molar-refractivity contribution in [3.8, 4) is 0 Å². The lowest BCUT2D eigenvalue weighted by Gasteiger charge is -2.04. The SMILES string of the molecule is Cc1ccc(SCC[NH2+]C[C@H](C)O)cc1. The summed E-state index contributed by atoms with van der Waals surface area (Å²) in [6.45, 7) is 5.78. The highest BCUT2D eigenvalue weighted by Crippen LogP contribution is 2.16. The summed E-state index contributed by atoms with van der Waals surface area (Å²) in [6, 6.07) is 8.60. The molecule has 84 valence electrons. The first-order valence-electron chi connectivity index (χ1n) is 5.37. The van der Waals surface area contributed by atoms with Crippen molar-refractivity contribution in [1.82, 2.24) is 0 Å². The molecule has 0 bridgehead atoms. The molecule has 3 heteroatoms. The van der Waals surface area contributed by atoms with Gasteiger partial charge < -0.3 is 10.4 Å². The van der Waals surface area contributed by atoms with Gasteiger partial charge in [-0.3, -0.25) is 0 Å². The Bertz CT molecular complexity index is 271. The molecule has 3 N–H and O–H groups in total. The van der Waals surface area contributed by atoms with E-state index in [1.807, 2.05) is 18.7 Å². The fourth-order valence-electron chi connectivity index (χ4n) is 1.25. The largest absolute Gasteiger partial charge is 0.388 e. The number of hydrogen-bond donors (Lipinski definition) is 2. The Kier molecular flexibility index (Phi) is 5.76. The Hall–Kier alpha value is -0.510. The monoisotopic (exact) mass is 226 g/mol. The average Bonchev–Trinajstić information content (AvgIpc) is 2.20. The smallest absolute Gasteiger partial charge is 0.102 e. The molecule has 1 aromatic rings. The van der Waals surface area contributed by atoms with E-state index in [1.165, 1.54) is 10.5 Å². The molecule has 0 saturated heterocycles. The number of quaternary nitrogens is 1. The van der Waals surface area contributed by atoms with E-state index in [-0.39, 0.29) is 6.10 Å². The van der Waals surface area contributed by atoms with Crippen LogP contribution in [0.4, 0.5) is 0 Å². The van der Waals surface area contributed by atoms with Gasteiger partial charge in [0.25, 0.3) is 0 Å². The molecular formula is C12H20NOS+. The van der Waals surface area contributed by atoms with Gasteiger partial charge in [-0.15, -0.1) is 11.8 Å². The summed E-state index contributed by atoms with van der Waals surface area (Å²) in [5.41, 5.74) is 1.31. The van der Waals surface area contributed by atoms with Crippen LogP contribution in [-0.4, -0.2) is 30.1 Å². The van der Waals surface area contributed by atoms with Gasteiger partial charge in [0.15, 0.2) is 0 Å². The second kappa shape index (κ2) is 6.88. The van der Waals surface area contributed by atoms with Gasteiger partial charge in [-0.2, -0.15) is 0 Å². The third kappa shape index (κ3) is 5.82. The second-order valence-electron chi connectivity index (χ2n) is 3.82. The zero-order valence-corrected chi connectivity index (χ0v) is 10.3. The normalized spacial score (nSPS) is 12.7. The standard InChI is InChI=1S/C12H19NOS/c1-10-3-5-12(6-4-10)15-8-7-13-9-11(2)14/h3-6,11,13-14H,7-9H2,1-2H3/p+1/t11-/m0/s1. The highest BCUT2D eigenvalue weighted by Gasteiger charge is 1.98. The van der Waals surface area contributed by atoms with Gasteiger partial charge in [-0.05, 0) is 26.0 Å². The predicted octanol–water partition coefficient (Wildman–Crippen LogP) is 1.03. The van der Waals surface area contributed by atoms with E-state index in [9.17, 15) is 0 Å². The average molecular weight is 226 g/mol. The zero-order chi connectivity index (χ0) is 11.1. The van der Waals surface area contributed by atoms with Gasteiger partial charge in [0, 0.05) is 10.6 Å². The quantitative estimate of drug-likeness (QED) is 0.561. The van der Waals surface area contributed by atoms with Crippen molar-refractivity contribution in [3.05, 3.63) is 29.8 Å². The second-order valence-corrected chi connectivity index (χ2v) is 4.99. The fraction of sp³-hybridized carbons (Fsp3) is 0.500. The van der Waals surface area contributed by atoms with Crippen LogP contribution < -0.4 is 5.32 Å². The Morgan fingerprint density at radius 1 is 1.33 bits per heavy atom. The highest BCUT2D eigenvalue weighted by molar-refractivity contribution is 7.99. The lowest BCUT2D eigenvalue weighted by atomic mass is 10.2. The summed E-state index contributed by atoms with van der Waals surface area (Å²) in [5.74, 6) is 1.09. The number of aliphatic hydroxyl groups excluding tert-OH is 1. The van der Waals surface area contributed by atoms with Crippen molar-refractivity contribution < 1.29 is 10.4 Å². The highest BCUT2D eigenvalue weighted by atomic mass is 32.2. The molecule has 1 atom stereocenters. The molecular weight excluding hydrogens is 206 g/mol. The van der Waals surface area contributed by atoms with Crippen LogP contribution >= 0.6 is 11.8 Å². The number of aliphatic hydroxyl groups is 1. The maximum atomic E-state index is 9.06. The van der Waals surface area contributed by atoms with E-state index < -0.39 is 0 Å². The maximum absolute atomic E-state index is 9.06. The van der Waals surface area contributed by atoms with E-state index in [0.29, 0.717) is 0 Å². The number of aryl methyl sites for hydroxylation is 1. The molecule has 0 fully saturated rings. The minimum absolute atomic E-state index is 0.200. The molecule has 0 spiro atoms. The number of nitrogens with two attached hydrogens (primary N) is 1. The molecule has 0 aliphatic heterocycles. The summed E-state index contributed by atoms with van der Waals surface area (Å²) < 4.78 is 0. The first kappa shape index (κ1) is 12.6. The van der Waals surface area contributed by atoms with Crippen molar-refractivity contribution in [2.24, 2.45) is 0 Å². The summed E-state index contributed by atoms with van der Waals surface area (Å²) >= 11 is 1.87. The topological polar surface area (TPSA) is 36.8 Å². The Morgan fingerprint density at radius 2 is 2.00 bits per heavy atom. The van der Waals surface area contributed by atoms with Crippen LogP contribution in [0.25, 0.3) is 0 Å². The number of rotatable bonds is 6. The van der Waals surface area contributed by atoms with E-state index in [2.05, 4.69) is 36.5 Å². The molecule has 0 saturated carbocycles. The Balaban J connectivity index is 2.12. The van der Waals surface area contributed by atoms with Crippen molar-refractivity contribution in [2.75, 3.05) is 18.8 Å². The van der Waals surface area contributed by atoms with Crippen molar-refractivity contribution in [2.45, 2.75) is 24.8 Å². The minimum Gasteiger partial charge on any atom is -0.388 e. The van der Waals surface area contributed by atoms with Gasteiger partial charge in [-0.25, -0.2) is 0 Å². The predicted molar refractivity (Wildman–Crippen MR) is 65.2 cm³/mol.